The average Bonchev–Trinajstić information content (AvgIpc) is 2.86. The molecule has 0 aliphatic heterocycles. The lowest BCUT2D eigenvalue weighted by atomic mass is 10.1. The van der Waals surface area contributed by atoms with Crippen LogP contribution in [0.5, 0.6) is 0 Å². The van der Waals surface area contributed by atoms with Gasteiger partial charge in [0, 0.05) is 23.1 Å². The number of non-ortho nitro benzene ring substituents is 1. The second-order valence-electron chi connectivity index (χ2n) is 7.40. The standard InChI is InChI=1S/C22H24N2O5S/c1-14(2)29-22(26)20-17-9-4-3-5-10-18(17)30-21(20)23-19(25)12-11-15-7-6-8-16(13-15)24(27)28/h6-8,11-14H,3-5,9-10H2,1-2H3,(H,23,25). The van der Waals surface area contributed by atoms with Crippen molar-refractivity contribution in [3.8, 4) is 0 Å². The molecule has 2 aromatic rings. The lowest BCUT2D eigenvalue weighted by Gasteiger charge is -2.11. The minimum Gasteiger partial charge on any atom is -0.459 e. The largest absolute Gasteiger partial charge is 0.459 e. The maximum atomic E-state index is 12.7. The highest BCUT2D eigenvalue weighted by Gasteiger charge is 2.27. The third kappa shape index (κ3) is 5.33. The number of amides is 1. The van der Waals surface area contributed by atoms with Gasteiger partial charge in [0.25, 0.3) is 5.69 Å². The SMILES string of the molecule is CC(C)OC(=O)c1c(NC(=O)C=Cc2cccc([N+](=O)[O-])c2)sc2c1CCCCC2. The first-order chi connectivity index (χ1) is 14.3. The molecule has 8 heteroatoms. The molecular formula is C22H24N2O5S. The Hall–Kier alpha value is -3.00. The topological polar surface area (TPSA) is 98.5 Å². The number of hydrogen-bond donors (Lipinski definition) is 1. The van der Waals surface area contributed by atoms with Gasteiger partial charge in [0.1, 0.15) is 5.00 Å². The van der Waals surface area contributed by atoms with Gasteiger partial charge < -0.3 is 10.1 Å². The van der Waals surface area contributed by atoms with Crippen molar-refractivity contribution in [2.24, 2.45) is 0 Å². The van der Waals surface area contributed by atoms with Crippen molar-refractivity contribution in [3.05, 3.63) is 62.0 Å². The van der Waals surface area contributed by atoms with Gasteiger partial charge in [-0.1, -0.05) is 18.6 Å². The van der Waals surface area contributed by atoms with Gasteiger partial charge in [-0.25, -0.2) is 4.79 Å². The highest BCUT2D eigenvalue weighted by atomic mass is 32.1. The zero-order valence-electron chi connectivity index (χ0n) is 17.0. The van der Waals surface area contributed by atoms with E-state index in [4.69, 9.17) is 4.74 Å². The molecule has 0 bridgehead atoms. The fourth-order valence-corrected chi connectivity index (χ4v) is 4.67. The van der Waals surface area contributed by atoms with Crippen molar-refractivity contribution in [1.82, 2.24) is 0 Å². The molecule has 0 atom stereocenters. The van der Waals surface area contributed by atoms with Crippen LogP contribution in [-0.4, -0.2) is 22.9 Å². The van der Waals surface area contributed by atoms with Crippen molar-refractivity contribution in [2.45, 2.75) is 52.1 Å². The van der Waals surface area contributed by atoms with E-state index in [0.717, 1.165) is 42.5 Å². The van der Waals surface area contributed by atoms with Crippen molar-refractivity contribution >= 4 is 40.0 Å². The van der Waals surface area contributed by atoms with E-state index in [1.807, 2.05) is 0 Å². The molecule has 30 heavy (non-hydrogen) atoms. The third-order valence-corrected chi connectivity index (χ3v) is 5.92. The van der Waals surface area contributed by atoms with Gasteiger partial charge in [-0.05, 0) is 56.7 Å². The molecule has 1 aromatic heterocycles. The van der Waals surface area contributed by atoms with Crippen LogP contribution in [0.3, 0.4) is 0 Å². The van der Waals surface area contributed by atoms with Gasteiger partial charge in [0.05, 0.1) is 16.6 Å². The van der Waals surface area contributed by atoms with E-state index in [0.29, 0.717) is 16.1 Å². The molecule has 3 rings (SSSR count). The van der Waals surface area contributed by atoms with E-state index in [9.17, 15) is 19.7 Å². The summed E-state index contributed by atoms with van der Waals surface area (Å²) in [4.78, 5) is 36.8. The average molecular weight is 429 g/mol. The van der Waals surface area contributed by atoms with Crippen LogP contribution in [0.15, 0.2) is 30.3 Å². The Morgan fingerprint density at radius 3 is 2.73 bits per heavy atom. The summed E-state index contributed by atoms with van der Waals surface area (Å²) >= 11 is 1.43. The number of nitro groups is 1. The lowest BCUT2D eigenvalue weighted by Crippen LogP contribution is -2.16. The van der Waals surface area contributed by atoms with Gasteiger partial charge >= 0.3 is 5.97 Å². The smallest absolute Gasteiger partial charge is 0.341 e. The number of esters is 1. The van der Waals surface area contributed by atoms with E-state index >= 15 is 0 Å². The summed E-state index contributed by atoms with van der Waals surface area (Å²) in [7, 11) is 0. The van der Waals surface area contributed by atoms with Crippen molar-refractivity contribution < 1.29 is 19.2 Å². The van der Waals surface area contributed by atoms with Crippen LogP contribution >= 0.6 is 11.3 Å². The molecule has 0 spiro atoms. The van der Waals surface area contributed by atoms with Crippen LogP contribution in [0.25, 0.3) is 6.08 Å². The summed E-state index contributed by atoms with van der Waals surface area (Å²) < 4.78 is 5.42. The lowest BCUT2D eigenvalue weighted by molar-refractivity contribution is -0.384. The Morgan fingerprint density at radius 1 is 1.23 bits per heavy atom. The predicted octanol–water partition coefficient (Wildman–Crippen LogP) is 5.14. The highest BCUT2D eigenvalue weighted by Crippen LogP contribution is 2.38. The summed E-state index contributed by atoms with van der Waals surface area (Å²) in [6.45, 7) is 3.59. The third-order valence-electron chi connectivity index (χ3n) is 4.71. The van der Waals surface area contributed by atoms with Crippen LogP contribution < -0.4 is 5.32 Å². The van der Waals surface area contributed by atoms with Gasteiger partial charge in [0.2, 0.25) is 5.91 Å². The molecule has 7 nitrogen and oxygen atoms in total. The quantitative estimate of drug-likeness (QED) is 0.226. The predicted molar refractivity (Wildman–Crippen MR) is 117 cm³/mol. The monoisotopic (exact) mass is 428 g/mol. The number of anilines is 1. The minimum atomic E-state index is -0.483. The number of nitrogens with zero attached hydrogens (tertiary/aromatic N) is 1. The Labute approximate surface area is 178 Å². The molecule has 0 unspecified atom stereocenters. The number of rotatable bonds is 6. The van der Waals surface area contributed by atoms with E-state index in [-0.39, 0.29) is 11.8 Å². The first-order valence-electron chi connectivity index (χ1n) is 9.94. The molecule has 0 fully saturated rings. The van der Waals surface area contributed by atoms with Gasteiger partial charge in [-0.3, -0.25) is 14.9 Å². The number of nitrogens with one attached hydrogen (secondary N) is 1. The Kier molecular flexibility index (Phi) is 6.99. The molecule has 0 saturated heterocycles. The number of benzene rings is 1. The molecule has 1 heterocycles. The van der Waals surface area contributed by atoms with Gasteiger partial charge in [-0.15, -0.1) is 11.3 Å². The summed E-state index contributed by atoms with van der Waals surface area (Å²) in [5, 5.41) is 14.2. The van der Waals surface area contributed by atoms with Crippen LogP contribution in [0.1, 0.15) is 59.5 Å². The van der Waals surface area contributed by atoms with Crippen LogP contribution in [0.2, 0.25) is 0 Å². The zero-order chi connectivity index (χ0) is 21.7. The van der Waals surface area contributed by atoms with Crippen LogP contribution in [0, 0.1) is 10.1 Å². The first-order valence-corrected chi connectivity index (χ1v) is 10.8. The maximum Gasteiger partial charge on any atom is 0.341 e. The number of thiophene rings is 1. The van der Waals surface area contributed by atoms with Gasteiger partial charge in [-0.2, -0.15) is 0 Å². The molecule has 1 aliphatic carbocycles. The number of carbonyl (C=O) groups is 2. The minimum absolute atomic E-state index is 0.0433. The summed E-state index contributed by atoms with van der Waals surface area (Å²) in [5.41, 5.74) is 1.95. The molecular weight excluding hydrogens is 404 g/mol. The van der Waals surface area contributed by atoms with E-state index in [1.165, 1.54) is 35.6 Å². The number of fused-ring (bicyclic) bond motifs is 1. The summed E-state index contributed by atoms with van der Waals surface area (Å²) in [5.74, 6) is -0.820. The molecule has 1 N–H and O–H groups in total. The first kappa shape index (κ1) is 21.7. The Bertz CT molecular complexity index is 993. The normalized spacial score (nSPS) is 13.7. The Balaban J connectivity index is 1.83. The number of hydrogen-bond acceptors (Lipinski definition) is 6. The van der Waals surface area contributed by atoms with Crippen LogP contribution in [0.4, 0.5) is 10.7 Å². The number of nitro benzene ring substituents is 1. The summed E-state index contributed by atoms with van der Waals surface area (Å²) in [6, 6.07) is 6.02. The van der Waals surface area contributed by atoms with Crippen molar-refractivity contribution in [2.75, 3.05) is 5.32 Å². The molecule has 0 saturated carbocycles. The number of carbonyl (C=O) groups excluding carboxylic acids is 2. The molecule has 1 amide bonds. The summed E-state index contributed by atoms with van der Waals surface area (Å²) in [6.07, 6.45) is 7.44. The second kappa shape index (κ2) is 9.67. The van der Waals surface area contributed by atoms with Crippen molar-refractivity contribution in [3.63, 3.8) is 0 Å². The van der Waals surface area contributed by atoms with Crippen molar-refractivity contribution in [1.29, 1.82) is 0 Å². The van der Waals surface area contributed by atoms with Gasteiger partial charge in [0.15, 0.2) is 0 Å². The van der Waals surface area contributed by atoms with E-state index in [1.54, 1.807) is 26.0 Å². The highest BCUT2D eigenvalue weighted by molar-refractivity contribution is 7.17. The molecule has 0 radical (unpaired) electrons. The van der Waals surface area contributed by atoms with E-state index in [2.05, 4.69) is 5.32 Å². The fraction of sp³-hybridized carbons (Fsp3) is 0.364. The van der Waals surface area contributed by atoms with E-state index < -0.39 is 16.8 Å². The molecule has 1 aromatic carbocycles. The Morgan fingerprint density at radius 2 is 2.00 bits per heavy atom. The number of aryl methyl sites for hydroxylation is 1. The van der Waals surface area contributed by atoms with Crippen LogP contribution in [-0.2, 0) is 22.4 Å². The fourth-order valence-electron chi connectivity index (χ4n) is 3.39. The number of ether oxygens (including phenoxy) is 1. The maximum absolute atomic E-state index is 12.7. The second-order valence-corrected chi connectivity index (χ2v) is 8.50. The molecule has 1 aliphatic rings. The molecule has 158 valence electrons. The zero-order valence-corrected chi connectivity index (χ0v) is 17.8.